The average Bonchev–Trinajstić information content (AvgIpc) is 3.22. The Morgan fingerprint density at radius 3 is 2.35 bits per heavy atom. The van der Waals surface area contributed by atoms with Crippen LogP contribution in [0.2, 0.25) is 0 Å². The van der Waals surface area contributed by atoms with Crippen molar-refractivity contribution in [2.24, 2.45) is 5.92 Å². The zero-order valence-electron chi connectivity index (χ0n) is 20.2. The first kappa shape index (κ1) is 25.2. The number of nitrogens with zero attached hydrogens (tertiary/aromatic N) is 3. The molecule has 0 spiro atoms. The quantitative estimate of drug-likeness (QED) is 0.574. The van der Waals surface area contributed by atoms with Crippen LogP contribution in [-0.4, -0.2) is 78.1 Å². The number of rotatable bonds is 9. The van der Waals surface area contributed by atoms with E-state index < -0.39 is 6.04 Å². The molecule has 2 heterocycles. The lowest BCUT2D eigenvalue weighted by atomic mass is 10.0. The van der Waals surface area contributed by atoms with Gasteiger partial charge in [0.1, 0.15) is 17.6 Å². The van der Waals surface area contributed by atoms with Crippen LogP contribution in [0.3, 0.4) is 0 Å². The summed E-state index contributed by atoms with van der Waals surface area (Å²) >= 11 is 0. The fourth-order valence-corrected chi connectivity index (χ4v) is 3.74. The Balaban J connectivity index is 1.51. The van der Waals surface area contributed by atoms with Crippen LogP contribution in [0.25, 0.3) is 0 Å². The molecule has 1 aromatic carbocycles. The second-order valence-corrected chi connectivity index (χ2v) is 8.62. The van der Waals surface area contributed by atoms with Crippen molar-refractivity contribution >= 4 is 23.5 Å². The van der Waals surface area contributed by atoms with Crippen LogP contribution in [0.5, 0.6) is 5.75 Å². The highest BCUT2D eigenvalue weighted by Gasteiger charge is 2.31. The first-order chi connectivity index (χ1) is 16.3. The topological polar surface area (TPSA) is 117 Å². The maximum atomic E-state index is 13.2. The third kappa shape index (κ3) is 6.80. The summed E-state index contributed by atoms with van der Waals surface area (Å²) in [4.78, 5) is 41.9. The molecule has 3 amide bonds. The first-order valence-corrected chi connectivity index (χ1v) is 11.5. The van der Waals surface area contributed by atoms with E-state index in [1.54, 1.807) is 42.2 Å². The summed E-state index contributed by atoms with van der Waals surface area (Å²) in [5.74, 6) is 1.03. The number of hydrogen-bond donors (Lipinski definition) is 2. The zero-order valence-corrected chi connectivity index (χ0v) is 20.2. The molecule has 2 aromatic rings. The third-order valence-corrected chi connectivity index (χ3v) is 5.59. The molecule has 184 valence electrons. The monoisotopic (exact) mass is 471 g/mol. The van der Waals surface area contributed by atoms with Crippen molar-refractivity contribution in [3.05, 3.63) is 41.7 Å². The number of ether oxygens (including phenoxy) is 1. The van der Waals surface area contributed by atoms with Crippen molar-refractivity contribution in [2.75, 3.05) is 44.6 Å². The van der Waals surface area contributed by atoms with Gasteiger partial charge in [0.25, 0.3) is 5.91 Å². The molecule has 10 nitrogen and oxygen atoms in total. The van der Waals surface area contributed by atoms with Crippen LogP contribution >= 0.6 is 0 Å². The minimum Gasteiger partial charge on any atom is -0.494 e. The summed E-state index contributed by atoms with van der Waals surface area (Å²) in [6, 6.07) is 7.87. The van der Waals surface area contributed by atoms with E-state index in [0.29, 0.717) is 55.7 Å². The predicted octanol–water partition coefficient (Wildman–Crippen LogP) is 1.92. The van der Waals surface area contributed by atoms with Crippen LogP contribution in [-0.2, 0) is 9.59 Å². The molecule has 34 heavy (non-hydrogen) atoms. The molecular formula is C24H33N5O5. The van der Waals surface area contributed by atoms with Crippen LogP contribution in [0.1, 0.15) is 36.9 Å². The van der Waals surface area contributed by atoms with Gasteiger partial charge in [0.2, 0.25) is 11.8 Å². The third-order valence-electron chi connectivity index (χ3n) is 5.59. The van der Waals surface area contributed by atoms with Crippen LogP contribution in [0, 0.1) is 12.8 Å². The summed E-state index contributed by atoms with van der Waals surface area (Å²) in [5.41, 5.74) is 0.472. The standard InChI is InChI=1S/C24H33N5O5/c1-5-33-19-8-6-18(7-9-19)23(31)26-22(16(2)3)24(32)29-12-10-28(11-13-29)15-21(30)25-20-14-17(4)34-27-20/h6-9,14,16,22H,5,10-13,15H2,1-4H3,(H,26,31)(H,25,27,30)/t22-/m0/s1. The van der Waals surface area contributed by atoms with Crippen LogP contribution < -0.4 is 15.4 Å². The molecule has 1 fully saturated rings. The molecule has 0 aliphatic carbocycles. The minimum absolute atomic E-state index is 0.0751. The smallest absolute Gasteiger partial charge is 0.251 e. The number of nitrogens with one attached hydrogen (secondary N) is 2. The lowest BCUT2D eigenvalue weighted by molar-refractivity contribution is -0.136. The van der Waals surface area contributed by atoms with Gasteiger partial charge < -0.3 is 24.8 Å². The molecule has 1 atom stereocenters. The Morgan fingerprint density at radius 2 is 1.79 bits per heavy atom. The molecule has 0 saturated carbocycles. The fourth-order valence-electron chi connectivity index (χ4n) is 3.74. The molecule has 2 N–H and O–H groups in total. The van der Waals surface area contributed by atoms with Crippen LogP contribution in [0.15, 0.2) is 34.9 Å². The van der Waals surface area contributed by atoms with Gasteiger partial charge in [-0.05, 0) is 44.0 Å². The molecule has 10 heteroatoms. The van der Waals surface area contributed by atoms with Crippen molar-refractivity contribution in [3.8, 4) is 5.75 Å². The Bertz CT molecular complexity index is 980. The van der Waals surface area contributed by atoms with E-state index in [9.17, 15) is 14.4 Å². The van der Waals surface area contributed by atoms with Gasteiger partial charge >= 0.3 is 0 Å². The molecule has 0 radical (unpaired) electrons. The van der Waals surface area contributed by atoms with Gasteiger partial charge in [0.15, 0.2) is 5.82 Å². The van der Waals surface area contributed by atoms with Crippen molar-refractivity contribution in [1.29, 1.82) is 0 Å². The first-order valence-electron chi connectivity index (χ1n) is 11.5. The molecule has 1 aliphatic rings. The zero-order chi connectivity index (χ0) is 24.7. The summed E-state index contributed by atoms with van der Waals surface area (Å²) < 4.78 is 10.4. The Kier molecular flexibility index (Phi) is 8.64. The van der Waals surface area contributed by atoms with E-state index in [0.717, 1.165) is 0 Å². The molecule has 3 rings (SSSR count). The van der Waals surface area contributed by atoms with Gasteiger partial charge in [0.05, 0.1) is 13.2 Å². The number of anilines is 1. The Morgan fingerprint density at radius 1 is 1.12 bits per heavy atom. The lowest BCUT2D eigenvalue weighted by Crippen LogP contribution is -2.57. The highest BCUT2D eigenvalue weighted by molar-refractivity contribution is 5.97. The number of aryl methyl sites for hydroxylation is 1. The SMILES string of the molecule is CCOc1ccc(C(=O)N[C@H](C(=O)N2CCN(CC(=O)Nc3cc(C)on3)CC2)C(C)C)cc1. The number of hydrogen-bond acceptors (Lipinski definition) is 7. The minimum atomic E-state index is -0.635. The fraction of sp³-hybridized carbons (Fsp3) is 0.500. The molecule has 1 aliphatic heterocycles. The maximum absolute atomic E-state index is 13.2. The molecule has 1 aromatic heterocycles. The van der Waals surface area contributed by atoms with Gasteiger partial charge in [0, 0.05) is 37.8 Å². The summed E-state index contributed by atoms with van der Waals surface area (Å²) in [6.45, 7) is 10.3. The van der Waals surface area contributed by atoms with E-state index in [2.05, 4.69) is 15.8 Å². The van der Waals surface area contributed by atoms with E-state index in [-0.39, 0.29) is 30.2 Å². The highest BCUT2D eigenvalue weighted by atomic mass is 16.5. The largest absolute Gasteiger partial charge is 0.494 e. The van der Waals surface area contributed by atoms with E-state index in [1.165, 1.54) is 0 Å². The number of benzene rings is 1. The molecule has 1 saturated heterocycles. The number of aromatic nitrogens is 1. The van der Waals surface area contributed by atoms with E-state index in [1.807, 2.05) is 25.7 Å². The number of carbonyl (C=O) groups excluding carboxylic acids is 3. The molecular weight excluding hydrogens is 438 g/mol. The van der Waals surface area contributed by atoms with Crippen molar-refractivity contribution < 1.29 is 23.6 Å². The Hall–Kier alpha value is -3.40. The highest BCUT2D eigenvalue weighted by Crippen LogP contribution is 2.15. The maximum Gasteiger partial charge on any atom is 0.251 e. The second kappa shape index (κ2) is 11.6. The number of amides is 3. The second-order valence-electron chi connectivity index (χ2n) is 8.62. The van der Waals surface area contributed by atoms with Gasteiger partial charge in [-0.15, -0.1) is 0 Å². The molecule has 0 unspecified atom stereocenters. The average molecular weight is 472 g/mol. The van der Waals surface area contributed by atoms with Gasteiger partial charge in [-0.25, -0.2) is 0 Å². The lowest BCUT2D eigenvalue weighted by Gasteiger charge is -2.37. The summed E-state index contributed by atoms with van der Waals surface area (Å²) in [6.07, 6.45) is 0. The Labute approximate surface area is 199 Å². The van der Waals surface area contributed by atoms with E-state index >= 15 is 0 Å². The predicted molar refractivity (Wildman–Crippen MR) is 127 cm³/mol. The van der Waals surface area contributed by atoms with Gasteiger partial charge in [-0.1, -0.05) is 19.0 Å². The molecule has 0 bridgehead atoms. The van der Waals surface area contributed by atoms with Gasteiger partial charge in [-0.3, -0.25) is 19.3 Å². The summed E-state index contributed by atoms with van der Waals surface area (Å²) in [5, 5.41) is 9.35. The van der Waals surface area contributed by atoms with Crippen molar-refractivity contribution in [3.63, 3.8) is 0 Å². The number of piperazine rings is 1. The van der Waals surface area contributed by atoms with E-state index in [4.69, 9.17) is 9.26 Å². The van der Waals surface area contributed by atoms with Crippen LogP contribution in [0.4, 0.5) is 5.82 Å². The normalized spacial score (nSPS) is 15.1. The summed E-state index contributed by atoms with van der Waals surface area (Å²) in [7, 11) is 0. The van der Waals surface area contributed by atoms with Crippen molar-refractivity contribution in [2.45, 2.75) is 33.7 Å². The number of carbonyl (C=O) groups is 3. The van der Waals surface area contributed by atoms with Crippen molar-refractivity contribution in [1.82, 2.24) is 20.3 Å². The van der Waals surface area contributed by atoms with Gasteiger partial charge in [-0.2, -0.15) is 0 Å².